The summed E-state index contributed by atoms with van der Waals surface area (Å²) < 4.78 is 16.7. The summed E-state index contributed by atoms with van der Waals surface area (Å²) in [4.78, 5) is 56.4. The largest absolute Gasteiger partial charge is 0.494 e. The summed E-state index contributed by atoms with van der Waals surface area (Å²) in [5.74, 6) is -1.78. The van der Waals surface area contributed by atoms with Crippen LogP contribution in [-0.4, -0.2) is 58.6 Å². The van der Waals surface area contributed by atoms with Gasteiger partial charge in [-0.15, -0.1) is 0 Å². The molecule has 1 aromatic heterocycles. The zero-order chi connectivity index (χ0) is 33.6. The van der Waals surface area contributed by atoms with E-state index >= 15 is 0 Å². The maximum absolute atomic E-state index is 12.9. The molecule has 12 heteroatoms. The predicted molar refractivity (Wildman–Crippen MR) is 174 cm³/mol. The van der Waals surface area contributed by atoms with E-state index in [1.807, 2.05) is 0 Å². The van der Waals surface area contributed by atoms with Gasteiger partial charge in [-0.3, -0.25) is 9.59 Å². The molecule has 0 radical (unpaired) electrons. The van der Waals surface area contributed by atoms with Gasteiger partial charge in [-0.1, -0.05) is 38.7 Å². The Hall–Kier alpha value is -5.65. The number of carbonyl (C=O) groups is 4. The number of unbranched alkanes of at least 4 members (excludes halogenated alkanes) is 4. The molecule has 3 aromatic carbocycles. The van der Waals surface area contributed by atoms with Crippen molar-refractivity contribution in [1.29, 1.82) is 0 Å². The van der Waals surface area contributed by atoms with Crippen LogP contribution in [0.3, 0.4) is 0 Å². The first-order chi connectivity index (χ1) is 22.8. The zero-order valence-corrected chi connectivity index (χ0v) is 26.3. The van der Waals surface area contributed by atoms with E-state index in [1.54, 1.807) is 36.4 Å². The first kappa shape index (κ1) is 34.2. The number of H-pyrrole nitrogens is 1. The molecule has 12 nitrogen and oxygen atoms in total. The molecule has 4 rings (SSSR count). The Balaban J connectivity index is 1.32. The van der Waals surface area contributed by atoms with Gasteiger partial charge in [0.1, 0.15) is 17.5 Å². The third-order valence-electron chi connectivity index (χ3n) is 7.23. The predicted octanol–water partition coefficient (Wildman–Crippen LogP) is 5.66. The van der Waals surface area contributed by atoms with Crippen LogP contribution in [0.15, 0.2) is 79.3 Å². The second-order valence-electron chi connectivity index (χ2n) is 10.7. The summed E-state index contributed by atoms with van der Waals surface area (Å²) in [6.07, 6.45) is 8.40. The normalized spacial score (nSPS) is 11.3. The van der Waals surface area contributed by atoms with Crippen LogP contribution in [0.5, 0.6) is 17.2 Å². The van der Waals surface area contributed by atoms with E-state index in [1.165, 1.54) is 69.2 Å². The fourth-order valence-electron chi connectivity index (χ4n) is 4.63. The van der Waals surface area contributed by atoms with Crippen LogP contribution in [0.1, 0.15) is 75.8 Å². The van der Waals surface area contributed by atoms with Gasteiger partial charge in [-0.05, 0) is 72.6 Å². The van der Waals surface area contributed by atoms with Gasteiger partial charge in [0.15, 0.2) is 11.5 Å². The maximum atomic E-state index is 12.9. The van der Waals surface area contributed by atoms with Gasteiger partial charge in [0, 0.05) is 17.7 Å². The van der Waals surface area contributed by atoms with E-state index in [2.05, 4.69) is 27.5 Å². The Kier molecular flexibility index (Phi) is 12.5. The number of ether oxygens (including phenoxy) is 3. The third-order valence-corrected chi connectivity index (χ3v) is 7.23. The number of carbonyl (C=O) groups excluding carboxylic acids is 3. The molecular formula is C35H38N4O8. The number of hydrogen-bond donors (Lipinski definition) is 4. The molecule has 47 heavy (non-hydrogen) atoms. The third kappa shape index (κ3) is 10.2. The van der Waals surface area contributed by atoms with E-state index in [-0.39, 0.29) is 29.2 Å². The molecule has 2 amide bonds. The number of imidazole rings is 1. The second-order valence-corrected chi connectivity index (χ2v) is 10.7. The molecule has 4 N–H and O–H groups in total. The summed E-state index contributed by atoms with van der Waals surface area (Å²) in [7, 11) is 1.41. The topological polar surface area (TPSA) is 169 Å². The number of esters is 1. The van der Waals surface area contributed by atoms with Crippen LogP contribution in [0.25, 0.3) is 0 Å². The highest BCUT2D eigenvalue weighted by molar-refractivity contribution is 6.03. The Bertz CT molecular complexity index is 1640. The SMILES string of the molecule is CCCCCCCOc1ccc(C(=O)Oc2ccc(CC(NC(=O)c3ccc(NC(=O)c4cnc[nH]4)cc3)C(=O)O)cc2OC)cc1. The Morgan fingerprint density at radius 2 is 1.60 bits per heavy atom. The van der Waals surface area contributed by atoms with Crippen LogP contribution < -0.4 is 24.8 Å². The molecule has 246 valence electrons. The molecule has 1 unspecified atom stereocenters. The van der Waals surface area contributed by atoms with E-state index in [0.717, 1.165) is 12.8 Å². The maximum Gasteiger partial charge on any atom is 0.343 e. The molecule has 0 aliphatic rings. The van der Waals surface area contributed by atoms with Crippen molar-refractivity contribution in [2.75, 3.05) is 19.0 Å². The monoisotopic (exact) mass is 642 g/mol. The summed E-state index contributed by atoms with van der Waals surface area (Å²) >= 11 is 0. The van der Waals surface area contributed by atoms with Crippen molar-refractivity contribution in [3.05, 3.63) is 102 Å². The van der Waals surface area contributed by atoms with E-state index in [9.17, 15) is 24.3 Å². The van der Waals surface area contributed by atoms with Gasteiger partial charge >= 0.3 is 11.9 Å². The smallest absolute Gasteiger partial charge is 0.343 e. The van der Waals surface area contributed by atoms with Gasteiger partial charge in [0.05, 0.1) is 31.8 Å². The first-order valence-corrected chi connectivity index (χ1v) is 15.3. The van der Waals surface area contributed by atoms with Crippen molar-refractivity contribution in [3.63, 3.8) is 0 Å². The number of aromatic amines is 1. The number of aliphatic carboxylic acids is 1. The number of carboxylic acid groups (broad SMARTS) is 1. The van der Waals surface area contributed by atoms with Crippen molar-refractivity contribution in [3.8, 4) is 17.2 Å². The van der Waals surface area contributed by atoms with Crippen molar-refractivity contribution < 1.29 is 38.5 Å². The van der Waals surface area contributed by atoms with Crippen LogP contribution in [0, 0.1) is 0 Å². The lowest BCUT2D eigenvalue weighted by Gasteiger charge is -2.16. The van der Waals surface area contributed by atoms with Crippen LogP contribution in [-0.2, 0) is 11.2 Å². The quantitative estimate of drug-likeness (QED) is 0.0645. The van der Waals surface area contributed by atoms with E-state index < -0.39 is 29.8 Å². The van der Waals surface area contributed by atoms with Gasteiger partial charge in [0.25, 0.3) is 11.8 Å². The fraction of sp³-hybridized carbons (Fsp3) is 0.286. The number of methoxy groups -OCH3 is 1. The van der Waals surface area contributed by atoms with Crippen molar-refractivity contribution >= 4 is 29.4 Å². The minimum atomic E-state index is -1.27. The summed E-state index contributed by atoms with van der Waals surface area (Å²) in [6.45, 7) is 2.79. The molecule has 0 saturated heterocycles. The lowest BCUT2D eigenvalue weighted by molar-refractivity contribution is -0.139. The summed E-state index contributed by atoms with van der Waals surface area (Å²) in [6, 6.07) is 16.1. The molecule has 0 saturated carbocycles. The zero-order valence-electron chi connectivity index (χ0n) is 26.3. The number of anilines is 1. The Labute approximate surface area is 272 Å². The minimum absolute atomic E-state index is 0.0654. The van der Waals surface area contributed by atoms with Gasteiger partial charge in [-0.25, -0.2) is 14.6 Å². The number of carboxylic acids is 1. The lowest BCUT2D eigenvalue weighted by Crippen LogP contribution is -2.42. The molecule has 0 aliphatic heterocycles. The molecule has 4 aromatic rings. The average Bonchev–Trinajstić information content (AvgIpc) is 3.63. The van der Waals surface area contributed by atoms with Crippen LogP contribution >= 0.6 is 0 Å². The number of benzene rings is 3. The van der Waals surface area contributed by atoms with Crippen molar-refractivity contribution in [2.45, 2.75) is 51.5 Å². The van der Waals surface area contributed by atoms with Crippen LogP contribution in [0.4, 0.5) is 5.69 Å². The van der Waals surface area contributed by atoms with Gasteiger partial charge in [-0.2, -0.15) is 0 Å². The minimum Gasteiger partial charge on any atom is -0.494 e. The number of rotatable bonds is 17. The molecule has 0 fully saturated rings. The number of nitrogens with zero attached hydrogens (tertiary/aromatic N) is 1. The summed E-state index contributed by atoms with van der Waals surface area (Å²) in [5.41, 5.74) is 1.78. The van der Waals surface area contributed by atoms with E-state index in [0.29, 0.717) is 29.2 Å². The number of amides is 2. The fourth-order valence-corrected chi connectivity index (χ4v) is 4.63. The van der Waals surface area contributed by atoms with Gasteiger partial charge < -0.3 is 34.9 Å². The number of nitrogens with one attached hydrogen (secondary N) is 3. The molecule has 0 spiro atoms. The highest BCUT2D eigenvalue weighted by Gasteiger charge is 2.23. The highest BCUT2D eigenvalue weighted by atomic mass is 16.6. The van der Waals surface area contributed by atoms with Crippen molar-refractivity contribution in [2.24, 2.45) is 0 Å². The Morgan fingerprint density at radius 1 is 0.872 bits per heavy atom. The standard InChI is InChI=1S/C35H38N4O8/c1-3-4-5-6-7-18-46-27-15-11-25(12-16-27)35(44)47-30-17-8-23(20-31(30)45-2)19-28(34(42)43)39-32(40)24-9-13-26(14-10-24)38-33(41)29-21-36-22-37-29/h8-17,20-22,28H,3-7,18-19H2,1-2H3,(H,36,37)(H,38,41)(H,39,40)(H,42,43). The number of hydrogen-bond acceptors (Lipinski definition) is 8. The van der Waals surface area contributed by atoms with E-state index in [4.69, 9.17) is 14.2 Å². The molecule has 1 heterocycles. The Morgan fingerprint density at radius 3 is 2.26 bits per heavy atom. The summed E-state index contributed by atoms with van der Waals surface area (Å²) in [5, 5.41) is 15.0. The van der Waals surface area contributed by atoms with Crippen molar-refractivity contribution in [1.82, 2.24) is 15.3 Å². The van der Waals surface area contributed by atoms with Crippen LogP contribution in [0.2, 0.25) is 0 Å². The lowest BCUT2D eigenvalue weighted by atomic mass is 10.0. The second kappa shape index (κ2) is 17.2. The highest BCUT2D eigenvalue weighted by Crippen LogP contribution is 2.30. The molecular weight excluding hydrogens is 604 g/mol. The molecule has 0 bridgehead atoms. The average molecular weight is 643 g/mol. The van der Waals surface area contributed by atoms with Gasteiger partial charge in [0.2, 0.25) is 0 Å². The molecule has 0 aliphatic carbocycles. The molecule has 1 atom stereocenters. The first-order valence-electron chi connectivity index (χ1n) is 15.3. The number of aromatic nitrogens is 2.